The van der Waals surface area contributed by atoms with Crippen molar-refractivity contribution in [2.75, 3.05) is 0 Å². The molecular weight excluding hydrogens is 282 g/mol. The van der Waals surface area contributed by atoms with Gasteiger partial charge in [-0.2, -0.15) is 0 Å². The van der Waals surface area contributed by atoms with Crippen molar-refractivity contribution in [3.8, 4) is 0 Å². The second-order valence-corrected chi connectivity index (χ2v) is 5.74. The molecule has 94 valence electrons. The van der Waals surface area contributed by atoms with E-state index < -0.39 is 11.7 Å². The molecule has 3 nitrogen and oxygen atoms in total. The molecule has 1 amide bonds. The van der Waals surface area contributed by atoms with E-state index in [1.165, 1.54) is 0 Å². The first-order valence-corrected chi connectivity index (χ1v) is 6.33. The summed E-state index contributed by atoms with van der Waals surface area (Å²) < 4.78 is 6.18. The number of carbonyl (C=O) groups excluding carboxylic acids is 1. The topological polar surface area (TPSA) is 38.3 Å². The van der Waals surface area contributed by atoms with Crippen molar-refractivity contribution in [2.45, 2.75) is 39.3 Å². The summed E-state index contributed by atoms with van der Waals surface area (Å²) >= 11 is 3.46. The monoisotopic (exact) mass is 299 g/mol. The number of hydrogen-bond acceptors (Lipinski definition) is 2. The van der Waals surface area contributed by atoms with Gasteiger partial charge in [0.15, 0.2) is 0 Å². The molecule has 1 N–H and O–H groups in total. The highest BCUT2D eigenvalue weighted by molar-refractivity contribution is 9.10. The van der Waals surface area contributed by atoms with Gasteiger partial charge in [-0.25, -0.2) is 4.79 Å². The fraction of sp³-hybridized carbons (Fsp3) is 0.462. The molecule has 0 aliphatic carbocycles. The van der Waals surface area contributed by atoms with Gasteiger partial charge in [0.05, 0.1) is 6.04 Å². The van der Waals surface area contributed by atoms with Crippen molar-refractivity contribution in [1.29, 1.82) is 0 Å². The van der Waals surface area contributed by atoms with Crippen molar-refractivity contribution in [2.24, 2.45) is 0 Å². The maximum absolute atomic E-state index is 11.6. The molecule has 0 aromatic heterocycles. The molecule has 1 aromatic carbocycles. The third kappa shape index (κ3) is 4.77. The number of halogens is 1. The predicted octanol–water partition coefficient (Wildman–Crippen LogP) is 4.03. The molecule has 4 heteroatoms. The van der Waals surface area contributed by atoms with E-state index in [9.17, 15) is 4.79 Å². The molecule has 0 bridgehead atoms. The van der Waals surface area contributed by atoms with Crippen LogP contribution in [0.4, 0.5) is 4.79 Å². The van der Waals surface area contributed by atoms with E-state index in [1.807, 2.05) is 52.0 Å². The molecular formula is C13H18BrNO2. The molecule has 0 saturated carbocycles. The standard InChI is InChI=1S/C13H18BrNO2/c1-9(10-7-5-6-8-11(10)14)15-12(16)17-13(2,3)4/h5-9H,1-4H3,(H,15,16)/t9-/m0/s1. The van der Waals surface area contributed by atoms with E-state index in [0.717, 1.165) is 10.0 Å². The lowest BCUT2D eigenvalue weighted by Crippen LogP contribution is -2.34. The number of alkyl carbamates (subject to hydrolysis) is 1. The Labute approximate surface area is 111 Å². The fourth-order valence-electron chi connectivity index (χ4n) is 1.39. The van der Waals surface area contributed by atoms with E-state index in [0.29, 0.717) is 0 Å². The molecule has 0 saturated heterocycles. The largest absolute Gasteiger partial charge is 0.444 e. The zero-order valence-electron chi connectivity index (χ0n) is 10.6. The molecule has 1 rings (SSSR count). The third-order valence-corrected chi connectivity index (χ3v) is 2.83. The summed E-state index contributed by atoms with van der Waals surface area (Å²) in [4.78, 5) is 11.6. The maximum atomic E-state index is 11.6. The molecule has 17 heavy (non-hydrogen) atoms. The van der Waals surface area contributed by atoms with Gasteiger partial charge >= 0.3 is 6.09 Å². The Hall–Kier alpha value is -1.03. The van der Waals surface area contributed by atoms with Crippen LogP contribution in [0.5, 0.6) is 0 Å². The first-order chi connectivity index (χ1) is 7.79. The Morgan fingerprint density at radius 2 is 1.94 bits per heavy atom. The van der Waals surface area contributed by atoms with Crippen LogP contribution in [0.2, 0.25) is 0 Å². The average molecular weight is 300 g/mol. The van der Waals surface area contributed by atoms with Gasteiger partial charge in [0.25, 0.3) is 0 Å². The molecule has 1 atom stereocenters. The van der Waals surface area contributed by atoms with Crippen LogP contribution in [0.1, 0.15) is 39.3 Å². The van der Waals surface area contributed by atoms with Gasteiger partial charge in [0.1, 0.15) is 5.60 Å². The minimum Gasteiger partial charge on any atom is -0.444 e. The van der Waals surface area contributed by atoms with E-state index in [-0.39, 0.29) is 6.04 Å². The van der Waals surface area contributed by atoms with Gasteiger partial charge in [-0.1, -0.05) is 34.1 Å². The van der Waals surface area contributed by atoms with Gasteiger partial charge in [0, 0.05) is 4.47 Å². The number of ether oxygens (including phenoxy) is 1. The zero-order valence-corrected chi connectivity index (χ0v) is 12.2. The lowest BCUT2D eigenvalue weighted by Gasteiger charge is -2.22. The summed E-state index contributed by atoms with van der Waals surface area (Å²) in [5.41, 5.74) is 0.552. The molecule has 0 aliphatic heterocycles. The van der Waals surface area contributed by atoms with Crippen molar-refractivity contribution >= 4 is 22.0 Å². The summed E-state index contributed by atoms with van der Waals surface area (Å²) in [6.45, 7) is 7.45. The predicted molar refractivity (Wildman–Crippen MR) is 71.9 cm³/mol. The molecule has 0 radical (unpaired) electrons. The van der Waals surface area contributed by atoms with Crippen LogP contribution < -0.4 is 5.32 Å². The normalized spacial score (nSPS) is 13.0. The van der Waals surface area contributed by atoms with Gasteiger partial charge < -0.3 is 10.1 Å². The minimum atomic E-state index is -0.474. The molecule has 0 aliphatic rings. The summed E-state index contributed by atoms with van der Waals surface area (Å²) in [5, 5.41) is 2.80. The van der Waals surface area contributed by atoms with E-state index in [2.05, 4.69) is 21.2 Å². The zero-order chi connectivity index (χ0) is 13.1. The highest BCUT2D eigenvalue weighted by atomic mass is 79.9. The number of benzene rings is 1. The van der Waals surface area contributed by atoms with Gasteiger partial charge in [-0.05, 0) is 39.3 Å². The highest BCUT2D eigenvalue weighted by Crippen LogP contribution is 2.23. The van der Waals surface area contributed by atoms with Crippen LogP contribution in [0.15, 0.2) is 28.7 Å². The molecule has 1 aromatic rings. The second kappa shape index (κ2) is 5.54. The first-order valence-electron chi connectivity index (χ1n) is 5.53. The number of carbonyl (C=O) groups is 1. The Kier molecular flexibility index (Phi) is 4.57. The lowest BCUT2D eigenvalue weighted by molar-refractivity contribution is 0.0508. The summed E-state index contributed by atoms with van der Waals surface area (Å²) in [6.07, 6.45) is -0.402. The maximum Gasteiger partial charge on any atom is 0.408 e. The molecule has 0 fully saturated rings. The smallest absolute Gasteiger partial charge is 0.408 e. The Morgan fingerprint density at radius 1 is 1.35 bits per heavy atom. The highest BCUT2D eigenvalue weighted by Gasteiger charge is 2.18. The third-order valence-electron chi connectivity index (χ3n) is 2.10. The molecule has 0 heterocycles. The number of hydrogen-bond donors (Lipinski definition) is 1. The molecule has 0 unspecified atom stereocenters. The summed E-state index contributed by atoms with van der Waals surface area (Å²) in [5.74, 6) is 0. The van der Waals surface area contributed by atoms with Crippen LogP contribution in [-0.2, 0) is 4.74 Å². The van der Waals surface area contributed by atoms with Crippen LogP contribution in [-0.4, -0.2) is 11.7 Å². The van der Waals surface area contributed by atoms with Gasteiger partial charge in [-0.3, -0.25) is 0 Å². The number of nitrogens with one attached hydrogen (secondary N) is 1. The van der Waals surface area contributed by atoms with Crippen molar-refractivity contribution in [1.82, 2.24) is 5.32 Å². The van der Waals surface area contributed by atoms with Gasteiger partial charge in [-0.15, -0.1) is 0 Å². The first kappa shape index (κ1) is 14.0. The Morgan fingerprint density at radius 3 is 2.47 bits per heavy atom. The lowest BCUT2D eigenvalue weighted by atomic mass is 10.1. The molecule has 0 spiro atoms. The van der Waals surface area contributed by atoms with Gasteiger partial charge in [0.2, 0.25) is 0 Å². The SMILES string of the molecule is C[C@H](NC(=O)OC(C)(C)C)c1ccccc1Br. The van der Waals surface area contributed by atoms with Crippen LogP contribution in [0.25, 0.3) is 0 Å². The van der Waals surface area contributed by atoms with Crippen LogP contribution in [0.3, 0.4) is 0 Å². The average Bonchev–Trinajstić information content (AvgIpc) is 2.14. The summed E-state index contributed by atoms with van der Waals surface area (Å²) in [7, 11) is 0. The van der Waals surface area contributed by atoms with E-state index in [4.69, 9.17) is 4.74 Å². The van der Waals surface area contributed by atoms with Crippen molar-refractivity contribution in [3.63, 3.8) is 0 Å². The van der Waals surface area contributed by atoms with Crippen molar-refractivity contribution in [3.05, 3.63) is 34.3 Å². The summed E-state index contributed by atoms with van der Waals surface area (Å²) in [6, 6.07) is 7.69. The van der Waals surface area contributed by atoms with Crippen LogP contribution in [0, 0.1) is 0 Å². The van der Waals surface area contributed by atoms with Crippen molar-refractivity contribution < 1.29 is 9.53 Å². The quantitative estimate of drug-likeness (QED) is 0.895. The Balaban J connectivity index is 2.64. The fourth-order valence-corrected chi connectivity index (χ4v) is 2.02. The van der Waals surface area contributed by atoms with E-state index in [1.54, 1.807) is 0 Å². The number of rotatable bonds is 2. The second-order valence-electron chi connectivity index (χ2n) is 4.89. The minimum absolute atomic E-state index is 0.0968. The number of amides is 1. The van der Waals surface area contributed by atoms with Crippen LogP contribution >= 0.6 is 15.9 Å². The van der Waals surface area contributed by atoms with E-state index >= 15 is 0 Å². The Bertz CT molecular complexity index is 399.